The second-order valence-electron chi connectivity index (χ2n) is 4.79. The highest BCUT2D eigenvalue weighted by Crippen LogP contribution is 2.30. The molecule has 2 rings (SSSR count). The molecular weight excluding hydrogens is 356 g/mol. The highest BCUT2D eigenvalue weighted by molar-refractivity contribution is 7.87. The number of nitro benzene ring substituents is 2. The summed E-state index contributed by atoms with van der Waals surface area (Å²) in [4.78, 5) is 30.3. The van der Waals surface area contributed by atoms with E-state index in [2.05, 4.69) is 0 Å². The molecule has 2 aromatic carbocycles. The lowest BCUT2D eigenvalue weighted by atomic mass is 10.1. The minimum atomic E-state index is -4.65. The van der Waals surface area contributed by atoms with E-state index in [0.717, 1.165) is 18.2 Å². The normalized spacial score (nSPS) is 10.9. The van der Waals surface area contributed by atoms with Crippen LogP contribution in [0, 0.1) is 20.2 Å². The summed E-state index contributed by atoms with van der Waals surface area (Å²) in [6.07, 6.45) is 0. The minimum absolute atomic E-state index is 0.186. The summed E-state index contributed by atoms with van der Waals surface area (Å²) in [6.45, 7) is 1.27. The molecule has 0 heterocycles. The molecule has 0 atom stereocenters. The maximum Gasteiger partial charge on any atom is 0.346 e. The van der Waals surface area contributed by atoms with Gasteiger partial charge in [-0.1, -0.05) is 12.1 Å². The second kappa shape index (κ2) is 6.65. The Labute approximate surface area is 141 Å². The molecule has 0 saturated heterocycles. The third-order valence-corrected chi connectivity index (χ3v) is 4.36. The first-order chi connectivity index (χ1) is 11.6. The predicted octanol–water partition coefficient (Wildman–Crippen LogP) is 2.47. The van der Waals surface area contributed by atoms with Crippen molar-refractivity contribution in [3.63, 3.8) is 0 Å². The largest absolute Gasteiger partial charge is 0.379 e. The molecule has 2 aromatic rings. The lowest BCUT2D eigenvalue weighted by molar-refractivity contribution is -0.396. The number of rotatable bonds is 6. The highest BCUT2D eigenvalue weighted by Gasteiger charge is 2.30. The van der Waals surface area contributed by atoms with Gasteiger partial charge >= 0.3 is 10.1 Å². The van der Waals surface area contributed by atoms with Crippen LogP contribution in [0.5, 0.6) is 5.75 Å². The van der Waals surface area contributed by atoms with Gasteiger partial charge in [0.05, 0.1) is 15.9 Å². The predicted molar refractivity (Wildman–Crippen MR) is 84.0 cm³/mol. The number of carbonyl (C=O) groups is 1. The van der Waals surface area contributed by atoms with Gasteiger partial charge in [-0.15, -0.1) is 0 Å². The van der Waals surface area contributed by atoms with Gasteiger partial charge in [0, 0.05) is 11.6 Å². The van der Waals surface area contributed by atoms with Crippen molar-refractivity contribution < 1.29 is 27.2 Å². The molecule has 0 unspecified atom stereocenters. The Hall–Kier alpha value is -3.34. The number of hydrogen-bond donors (Lipinski definition) is 0. The molecule has 0 aliphatic rings. The molecule has 0 amide bonds. The number of Topliss-reactive ketones (excluding diaryl/α,β-unsaturated/α-hetero) is 1. The summed E-state index contributed by atoms with van der Waals surface area (Å²) in [7, 11) is -4.65. The molecule has 0 aliphatic heterocycles. The van der Waals surface area contributed by atoms with Gasteiger partial charge in [0.25, 0.3) is 11.4 Å². The van der Waals surface area contributed by atoms with Crippen LogP contribution in [0.1, 0.15) is 17.3 Å². The number of hydrogen-bond acceptors (Lipinski definition) is 8. The highest BCUT2D eigenvalue weighted by atomic mass is 32.2. The van der Waals surface area contributed by atoms with Gasteiger partial charge in [-0.3, -0.25) is 25.0 Å². The van der Waals surface area contributed by atoms with E-state index < -0.39 is 36.2 Å². The molecule has 0 saturated carbocycles. The fourth-order valence-electron chi connectivity index (χ4n) is 1.91. The third-order valence-electron chi connectivity index (χ3n) is 3.07. The molecule has 0 aromatic heterocycles. The Morgan fingerprint density at radius 1 is 1.04 bits per heavy atom. The maximum atomic E-state index is 12.3. The van der Waals surface area contributed by atoms with E-state index in [1.54, 1.807) is 0 Å². The van der Waals surface area contributed by atoms with Gasteiger partial charge in [0.15, 0.2) is 10.7 Å². The van der Waals surface area contributed by atoms with Crippen LogP contribution in [0.15, 0.2) is 47.4 Å². The zero-order chi connectivity index (χ0) is 18.8. The van der Waals surface area contributed by atoms with Crippen LogP contribution in [0.25, 0.3) is 0 Å². The Morgan fingerprint density at radius 2 is 1.72 bits per heavy atom. The average molecular weight is 366 g/mol. The van der Waals surface area contributed by atoms with Crippen LogP contribution in [-0.4, -0.2) is 24.0 Å². The minimum Gasteiger partial charge on any atom is -0.379 e. The Kier molecular flexibility index (Phi) is 4.79. The fraction of sp³-hybridized carbons (Fsp3) is 0.0714. The second-order valence-corrected chi connectivity index (χ2v) is 6.30. The van der Waals surface area contributed by atoms with Crippen molar-refractivity contribution in [1.82, 2.24) is 0 Å². The Balaban J connectivity index is 2.49. The van der Waals surface area contributed by atoms with E-state index in [9.17, 15) is 33.4 Å². The number of ketones is 1. The van der Waals surface area contributed by atoms with Crippen LogP contribution < -0.4 is 4.18 Å². The molecule has 25 heavy (non-hydrogen) atoms. The van der Waals surface area contributed by atoms with Crippen LogP contribution >= 0.6 is 0 Å². The van der Waals surface area contributed by atoms with Crippen molar-refractivity contribution in [2.45, 2.75) is 11.8 Å². The number of nitrogens with zero attached hydrogens (tertiary/aromatic N) is 2. The first kappa shape index (κ1) is 18.0. The van der Waals surface area contributed by atoms with E-state index in [1.807, 2.05) is 0 Å². The molecule has 0 radical (unpaired) electrons. The maximum absolute atomic E-state index is 12.3. The summed E-state index contributed by atoms with van der Waals surface area (Å²) >= 11 is 0. The number of non-ortho nitro benzene ring substituents is 1. The standard InChI is InChI=1S/C14H10N2O8S/c1-9(17)10-3-2-4-12(7-10)24-25(22,23)14-6-5-11(15(18)19)8-13(14)16(20)21/h2-8H,1H3. The van der Waals surface area contributed by atoms with E-state index in [0.29, 0.717) is 6.07 Å². The van der Waals surface area contributed by atoms with Gasteiger partial charge in [-0.2, -0.15) is 8.42 Å². The lowest BCUT2D eigenvalue weighted by Crippen LogP contribution is -2.12. The molecule has 10 nitrogen and oxygen atoms in total. The molecular formula is C14H10N2O8S. The molecule has 0 spiro atoms. The zero-order valence-corrected chi connectivity index (χ0v) is 13.4. The van der Waals surface area contributed by atoms with E-state index in [4.69, 9.17) is 4.18 Å². The summed E-state index contributed by atoms with van der Waals surface area (Å²) < 4.78 is 29.4. The van der Waals surface area contributed by atoms with Crippen molar-refractivity contribution >= 4 is 27.3 Å². The quantitative estimate of drug-likeness (QED) is 0.328. The lowest BCUT2D eigenvalue weighted by Gasteiger charge is -2.08. The smallest absolute Gasteiger partial charge is 0.346 e. The molecule has 11 heteroatoms. The van der Waals surface area contributed by atoms with Crippen molar-refractivity contribution in [2.75, 3.05) is 0 Å². The first-order valence-electron chi connectivity index (χ1n) is 6.60. The first-order valence-corrected chi connectivity index (χ1v) is 8.01. The Bertz CT molecular complexity index is 984. The number of nitro groups is 2. The molecule has 0 N–H and O–H groups in total. The molecule has 130 valence electrons. The average Bonchev–Trinajstić information content (AvgIpc) is 2.53. The Morgan fingerprint density at radius 3 is 2.28 bits per heavy atom. The van der Waals surface area contributed by atoms with Crippen molar-refractivity contribution in [2.24, 2.45) is 0 Å². The van der Waals surface area contributed by atoms with Crippen LogP contribution in [0.4, 0.5) is 11.4 Å². The van der Waals surface area contributed by atoms with Gasteiger partial charge in [-0.05, 0) is 25.1 Å². The van der Waals surface area contributed by atoms with E-state index in [1.165, 1.54) is 25.1 Å². The van der Waals surface area contributed by atoms with Gasteiger partial charge in [0.1, 0.15) is 5.75 Å². The summed E-state index contributed by atoms with van der Waals surface area (Å²) in [5, 5.41) is 21.8. The zero-order valence-electron chi connectivity index (χ0n) is 12.6. The van der Waals surface area contributed by atoms with Gasteiger partial charge in [-0.25, -0.2) is 0 Å². The number of benzene rings is 2. The molecule has 0 bridgehead atoms. The molecule has 0 aliphatic carbocycles. The van der Waals surface area contributed by atoms with Gasteiger partial charge in [0.2, 0.25) is 0 Å². The van der Waals surface area contributed by atoms with E-state index in [-0.39, 0.29) is 17.1 Å². The third kappa shape index (κ3) is 3.95. The van der Waals surface area contributed by atoms with Crippen molar-refractivity contribution in [3.8, 4) is 5.75 Å². The molecule has 0 fully saturated rings. The van der Waals surface area contributed by atoms with Gasteiger partial charge < -0.3 is 4.18 Å². The van der Waals surface area contributed by atoms with Crippen LogP contribution in [0.3, 0.4) is 0 Å². The summed E-state index contributed by atoms with van der Waals surface area (Å²) in [5.74, 6) is -0.551. The number of carbonyl (C=O) groups excluding carboxylic acids is 1. The SMILES string of the molecule is CC(=O)c1cccc(OS(=O)(=O)c2ccc([N+](=O)[O-])cc2[N+](=O)[O-])c1. The monoisotopic (exact) mass is 366 g/mol. The summed E-state index contributed by atoms with van der Waals surface area (Å²) in [6, 6.07) is 7.30. The van der Waals surface area contributed by atoms with Crippen molar-refractivity contribution in [1.29, 1.82) is 0 Å². The summed E-state index contributed by atoms with van der Waals surface area (Å²) in [5.41, 5.74) is -1.44. The van der Waals surface area contributed by atoms with E-state index >= 15 is 0 Å². The van der Waals surface area contributed by atoms with Crippen molar-refractivity contribution in [3.05, 3.63) is 68.3 Å². The fourth-order valence-corrected chi connectivity index (χ4v) is 2.98. The van der Waals surface area contributed by atoms with Crippen LogP contribution in [-0.2, 0) is 10.1 Å². The van der Waals surface area contributed by atoms with Crippen LogP contribution in [0.2, 0.25) is 0 Å². The topological polar surface area (TPSA) is 147 Å².